The summed E-state index contributed by atoms with van der Waals surface area (Å²) in [7, 11) is 0. The minimum absolute atomic E-state index is 0.908. The molecule has 3 aromatic heterocycles. The summed E-state index contributed by atoms with van der Waals surface area (Å²) in [6.07, 6.45) is 0. The number of hydrogen-bond acceptors (Lipinski definition) is 1. The van der Waals surface area contributed by atoms with E-state index in [1.807, 2.05) is 0 Å². The molecule has 0 radical (unpaired) electrons. The van der Waals surface area contributed by atoms with Crippen molar-refractivity contribution < 1.29 is 4.42 Å². The van der Waals surface area contributed by atoms with Crippen LogP contribution < -0.4 is 0 Å². The molecule has 6 aromatic carbocycles. The molecule has 0 saturated heterocycles. The van der Waals surface area contributed by atoms with Crippen LogP contribution in [-0.2, 0) is 0 Å². The molecule has 0 amide bonds. The van der Waals surface area contributed by atoms with E-state index < -0.39 is 0 Å². The molecule has 0 bridgehead atoms. The maximum Gasteiger partial charge on any atom is 0.160 e. The van der Waals surface area contributed by atoms with E-state index in [1.54, 1.807) is 0 Å². The first kappa shape index (κ1) is 20.7. The fourth-order valence-corrected chi connectivity index (χ4v) is 6.44. The Morgan fingerprint density at radius 3 is 1.67 bits per heavy atom. The van der Waals surface area contributed by atoms with Crippen LogP contribution in [0.4, 0.5) is 0 Å². The smallest absolute Gasteiger partial charge is 0.160 e. The Bertz CT molecular complexity index is 2370. The van der Waals surface area contributed by atoms with Gasteiger partial charge in [0.25, 0.3) is 0 Å². The fourth-order valence-electron chi connectivity index (χ4n) is 6.44. The van der Waals surface area contributed by atoms with Crippen LogP contribution in [0, 0.1) is 0 Å². The summed E-state index contributed by atoms with van der Waals surface area (Å²) in [4.78, 5) is 0. The largest absolute Gasteiger partial charge is 0.454 e. The van der Waals surface area contributed by atoms with E-state index >= 15 is 0 Å². The maximum atomic E-state index is 6.80. The Morgan fingerprint density at radius 1 is 0.385 bits per heavy atom. The maximum absolute atomic E-state index is 6.80. The highest BCUT2D eigenvalue weighted by Crippen LogP contribution is 2.42. The van der Waals surface area contributed by atoms with E-state index in [-0.39, 0.29) is 0 Å². The summed E-state index contributed by atoms with van der Waals surface area (Å²) in [6, 6.07) is 47.4. The molecule has 3 heterocycles. The molecular weight excluding hydrogens is 476 g/mol. The quantitative estimate of drug-likeness (QED) is 0.233. The van der Waals surface area contributed by atoms with Crippen LogP contribution in [0.2, 0.25) is 0 Å². The van der Waals surface area contributed by atoms with Gasteiger partial charge in [0.05, 0.1) is 22.1 Å². The molecule has 0 unspecified atom stereocenters. The predicted octanol–water partition coefficient (Wildman–Crippen LogP) is 9.78. The minimum atomic E-state index is 0.908. The fraction of sp³-hybridized carbons (Fsp3) is 0. The molecule has 0 saturated carbocycles. The summed E-state index contributed by atoms with van der Waals surface area (Å²) >= 11 is 0. The first-order chi connectivity index (χ1) is 19.4. The number of rotatable bonds is 2. The van der Waals surface area contributed by atoms with E-state index in [2.05, 4.69) is 143 Å². The second-order valence-corrected chi connectivity index (χ2v) is 10.2. The summed E-state index contributed by atoms with van der Waals surface area (Å²) in [6.45, 7) is 0. The SMILES string of the molecule is c1ccc(-n2c3ccccc3c3cc4oc5c(ccc6c7ccccc7n(-c7ccccc7)c65)c4cc32)cc1. The summed E-state index contributed by atoms with van der Waals surface area (Å²) in [5.74, 6) is 0. The molecule has 0 atom stereocenters. The number of furan rings is 1. The lowest BCUT2D eigenvalue weighted by atomic mass is 10.1. The van der Waals surface area contributed by atoms with E-state index in [4.69, 9.17) is 4.42 Å². The number of aromatic nitrogens is 2. The van der Waals surface area contributed by atoms with Crippen LogP contribution in [0.15, 0.2) is 138 Å². The predicted molar refractivity (Wildman–Crippen MR) is 162 cm³/mol. The first-order valence-electron chi connectivity index (χ1n) is 13.3. The number of nitrogens with zero attached hydrogens (tertiary/aromatic N) is 2. The molecule has 0 aliphatic carbocycles. The molecule has 0 aliphatic heterocycles. The minimum Gasteiger partial charge on any atom is -0.454 e. The van der Waals surface area contributed by atoms with Gasteiger partial charge in [-0.3, -0.25) is 0 Å². The third kappa shape index (κ3) is 2.76. The van der Waals surface area contributed by atoms with Gasteiger partial charge in [0.15, 0.2) is 5.58 Å². The van der Waals surface area contributed by atoms with Crippen molar-refractivity contribution in [1.82, 2.24) is 9.13 Å². The second-order valence-electron chi connectivity index (χ2n) is 10.2. The lowest BCUT2D eigenvalue weighted by molar-refractivity contribution is 0.671. The zero-order valence-electron chi connectivity index (χ0n) is 21.0. The van der Waals surface area contributed by atoms with Crippen molar-refractivity contribution in [3.63, 3.8) is 0 Å². The van der Waals surface area contributed by atoms with Crippen LogP contribution in [0.25, 0.3) is 76.9 Å². The zero-order chi connectivity index (χ0) is 25.5. The zero-order valence-corrected chi connectivity index (χ0v) is 21.0. The van der Waals surface area contributed by atoms with E-state index in [0.717, 1.165) is 38.8 Å². The van der Waals surface area contributed by atoms with Crippen LogP contribution in [-0.4, -0.2) is 9.13 Å². The van der Waals surface area contributed by atoms with Crippen molar-refractivity contribution in [3.8, 4) is 11.4 Å². The van der Waals surface area contributed by atoms with Gasteiger partial charge < -0.3 is 13.6 Å². The Kier molecular flexibility index (Phi) is 4.05. The summed E-state index contributed by atoms with van der Waals surface area (Å²) in [5.41, 5.74) is 8.78. The van der Waals surface area contributed by atoms with Gasteiger partial charge in [0.2, 0.25) is 0 Å². The molecule has 182 valence electrons. The molecule has 0 N–H and O–H groups in total. The van der Waals surface area contributed by atoms with Crippen molar-refractivity contribution >= 4 is 65.6 Å². The monoisotopic (exact) mass is 498 g/mol. The van der Waals surface area contributed by atoms with Gasteiger partial charge in [-0.05, 0) is 54.6 Å². The van der Waals surface area contributed by atoms with Crippen molar-refractivity contribution in [2.75, 3.05) is 0 Å². The third-order valence-electron chi connectivity index (χ3n) is 8.10. The molecule has 0 fully saturated rings. The first-order valence-corrected chi connectivity index (χ1v) is 13.3. The van der Waals surface area contributed by atoms with Gasteiger partial charge >= 0.3 is 0 Å². The summed E-state index contributed by atoms with van der Waals surface area (Å²) in [5, 5.41) is 7.10. The van der Waals surface area contributed by atoms with E-state index in [0.29, 0.717) is 0 Å². The Morgan fingerprint density at radius 2 is 0.949 bits per heavy atom. The molecule has 3 nitrogen and oxygen atoms in total. The molecule has 3 heteroatoms. The molecule has 0 aliphatic rings. The van der Waals surface area contributed by atoms with Gasteiger partial charge in [0.1, 0.15) is 5.58 Å². The molecule has 9 rings (SSSR count). The van der Waals surface area contributed by atoms with Crippen LogP contribution in [0.3, 0.4) is 0 Å². The van der Waals surface area contributed by atoms with Crippen LogP contribution >= 0.6 is 0 Å². The van der Waals surface area contributed by atoms with E-state index in [1.165, 1.54) is 38.1 Å². The highest BCUT2D eigenvalue weighted by atomic mass is 16.3. The van der Waals surface area contributed by atoms with Gasteiger partial charge in [-0.2, -0.15) is 0 Å². The third-order valence-corrected chi connectivity index (χ3v) is 8.10. The Balaban J connectivity index is 1.46. The topological polar surface area (TPSA) is 23.0 Å². The molecule has 9 aromatic rings. The molecule has 0 spiro atoms. The van der Waals surface area contributed by atoms with Crippen molar-refractivity contribution in [3.05, 3.63) is 133 Å². The van der Waals surface area contributed by atoms with Gasteiger partial charge in [-0.1, -0.05) is 78.9 Å². The lowest BCUT2D eigenvalue weighted by Crippen LogP contribution is -1.93. The molecular formula is C36H22N2O. The average molecular weight is 499 g/mol. The van der Waals surface area contributed by atoms with Crippen molar-refractivity contribution in [2.24, 2.45) is 0 Å². The Hall–Kier alpha value is -5.28. The van der Waals surface area contributed by atoms with Gasteiger partial charge in [0, 0.05) is 43.7 Å². The van der Waals surface area contributed by atoms with Gasteiger partial charge in [-0.15, -0.1) is 0 Å². The average Bonchev–Trinajstić information content (AvgIpc) is 3.64. The highest BCUT2D eigenvalue weighted by molar-refractivity contribution is 6.23. The van der Waals surface area contributed by atoms with Crippen LogP contribution in [0.1, 0.15) is 0 Å². The van der Waals surface area contributed by atoms with Crippen LogP contribution in [0.5, 0.6) is 0 Å². The molecule has 39 heavy (non-hydrogen) atoms. The van der Waals surface area contributed by atoms with Crippen molar-refractivity contribution in [2.45, 2.75) is 0 Å². The number of fused-ring (bicyclic) bond motifs is 10. The number of para-hydroxylation sites is 4. The van der Waals surface area contributed by atoms with Crippen molar-refractivity contribution in [1.29, 1.82) is 0 Å². The summed E-state index contributed by atoms with van der Waals surface area (Å²) < 4.78 is 11.5. The number of benzene rings is 6. The lowest BCUT2D eigenvalue weighted by Gasteiger charge is -2.07. The van der Waals surface area contributed by atoms with E-state index in [9.17, 15) is 0 Å². The highest BCUT2D eigenvalue weighted by Gasteiger charge is 2.20. The standard InChI is InChI=1S/C36H22N2O/c1-3-11-23(12-4-1)37-31-17-9-8-16-26(31)29-22-34-30(21-33(29)37)28-20-19-27-25-15-7-10-18-32(25)38(35(27)36(28)39-34)24-13-5-2-6-14-24/h1-22H. The normalized spacial score (nSPS) is 12.1. The Labute approximate surface area is 223 Å². The van der Waals surface area contributed by atoms with Gasteiger partial charge in [-0.25, -0.2) is 0 Å². The second kappa shape index (κ2) is 7.62. The number of hydrogen-bond donors (Lipinski definition) is 0.